The molecule has 4 aromatic rings. The molecule has 0 bridgehead atoms. The maximum atomic E-state index is 15.1. The fourth-order valence-corrected chi connectivity index (χ4v) is 6.27. The Bertz CT molecular complexity index is 2160. The molecule has 4 N–H and O–H groups in total. The van der Waals surface area contributed by atoms with Crippen LogP contribution in [0.25, 0.3) is 10.8 Å². The monoisotopic (exact) mass is 833 g/mol. The number of aryl methyl sites for hydroxylation is 1. The van der Waals surface area contributed by atoms with Gasteiger partial charge in [0.25, 0.3) is 0 Å². The highest BCUT2D eigenvalue weighted by Gasteiger charge is 2.35. The summed E-state index contributed by atoms with van der Waals surface area (Å²) in [5.41, 5.74) is 1.38. The van der Waals surface area contributed by atoms with Crippen LogP contribution in [0.2, 0.25) is 0 Å². The highest BCUT2D eigenvalue weighted by molar-refractivity contribution is 6.14. The molecular formula is C44H56FN5O10. The summed E-state index contributed by atoms with van der Waals surface area (Å²) in [6.07, 6.45) is -1.68. The van der Waals surface area contributed by atoms with Gasteiger partial charge < -0.3 is 39.4 Å². The number of anilines is 3. The van der Waals surface area contributed by atoms with E-state index in [1.54, 1.807) is 104 Å². The minimum atomic E-state index is -1.16. The van der Waals surface area contributed by atoms with Gasteiger partial charge in [-0.15, -0.1) is 0 Å². The molecule has 0 radical (unpaired) electrons. The van der Waals surface area contributed by atoms with Crippen molar-refractivity contribution in [1.29, 1.82) is 0 Å². The second-order valence-electron chi connectivity index (χ2n) is 16.4. The molecule has 0 spiro atoms. The van der Waals surface area contributed by atoms with Crippen molar-refractivity contribution in [3.05, 3.63) is 88.9 Å². The third-order valence-electron chi connectivity index (χ3n) is 8.74. The molecule has 1 aromatic heterocycles. The number of rotatable bonds is 15. The number of hydrogen-bond donors (Lipinski definition) is 4. The van der Waals surface area contributed by atoms with Gasteiger partial charge in [0.15, 0.2) is 23.4 Å². The van der Waals surface area contributed by atoms with E-state index in [2.05, 4.69) is 20.9 Å². The number of ether oxygens (including phenoxy) is 5. The average Bonchev–Trinajstić information content (AvgIpc) is 3.13. The molecule has 3 aromatic carbocycles. The van der Waals surface area contributed by atoms with Crippen molar-refractivity contribution in [2.45, 2.75) is 98.1 Å². The molecule has 3 atom stereocenters. The Hall–Kier alpha value is -6.00. The maximum absolute atomic E-state index is 15.1. The summed E-state index contributed by atoms with van der Waals surface area (Å²) < 4.78 is 42.5. The molecule has 0 aliphatic heterocycles. The van der Waals surface area contributed by atoms with Gasteiger partial charge in [0.2, 0.25) is 0 Å². The number of amides is 3. The van der Waals surface area contributed by atoms with Gasteiger partial charge in [-0.2, -0.15) is 4.90 Å². The molecule has 324 valence electrons. The van der Waals surface area contributed by atoms with Crippen LogP contribution in [0.3, 0.4) is 0 Å². The molecule has 0 saturated heterocycles. The van der Waals surface area contributed by atoms with E-state index in [4.69, 9.17) is 23.7 Å². The van der Waals surface area contributed by atoms with Crippen LogP contribution in [0, 0.1) is 12.7 Å². The van der Waals surface area contributed by atoms with Gasteiger partial charge in [0.05, 0.1) is 13.2 Å². The number of benzene rings is 3. The number of aromatic nitrogens is 1. The van der Waals surface area contributed by atoms with Crippen molar-refractivity contribution < 1.29 is 52.4 Å². The summed E-state index contributed by atoms with van der Waals surface area (Å²) in [5.74, 6) is -2.01. The summed E-state index contributed by atoms with van der Waals surface area (Å²) in [5, 5.41) is 19.9. The number of methoxy groups -OCH3 is 1. The van der Waals surface area contributed by atoms with Crippen molar-refractivity contribution in [3.63, 3.8) is 0 Å². The first-order chi connectivity index (χ1) is 28.1. The SMILES string of the molecule is CNCc1cc(NC(=O)OC[C@H](C)c2ccc(C(Nc3ccc4c(N(C(=O)OC(C)(C)C)C(=O)OC(C)(C)C)nccc4c3)C(=O)O)cc2C)cc(F)c1O[C@@H](C)COC. The van der Waals surface area contributed by atoms with Gasteiger partial charge in [0, 0.05) is 54.2 Å². The number of fused-ring (bicyclic) bond motifs is 1. The van der Waals surface area contributed by atoms with Crippen LogP contribution in [0.15, 0.2) is 60.8 Å². The van der Waals surface area contributed by atoms with Crippen molar-refractivity contribution in [2.24, 2.45) is 0 Å². The lowest BCUT2D eigenvalue weighted by Gasteiger charge is -2.28. The van der Waals surface area contributed by atoms with Crippen LogP contribution in [-0.2, 0) is 30.3 Å². The summed E-state index contributed by atoms with van der Waals surface area (Å²) in [6, 6.07) is 13.4. The minimum absolute atomic E-state index is 0.0125. The molecule has 0 fully saturated rings. The van der Waals surface area contributed by atoms with Crippen molar-refractivity contribution in [2.75, 3.05) is 42.9 Å². The summed E-state index contributed by atoms with van der Waals surface area (Å²) in [6.45, 7) is 16.1. The first-order valence-electron chi connectivity index (χ1n) is 19.4. The molecule has 4 rings (SSSR count). The molecular weight excluding hydrogens is 778 g/mol. The second kappa shape index (κ2) is 19.8. The standard InChI is InChI=1S/C44H56FN5O10/c1-25-18-29(12-14-33(25)26(2)23-57-40(53)49-32-20-30(22-46-10)37(35(45)21-32)58-27(3)24-56-11)36(39(51)52)48-31-13-15-34-28(19-31)16-17-47-38(34)50(41(54)59-43(4,5)6)42(55)60-44(7,8)9/h12-21,26-27,36,46,48H,22-24H2,1-11H3,(H,49,53)(H,51,52)/t26-,27-,36?/m0/s1. The Kier molecular flexibility index (Phi) is 15.4. The molecule has 60 heavy (non-hydrogen) atoms. The number of carboxylic acids is 1. The first kappa shape index (κ1) is 46.7. The van der Waals surface area contributed by atoms with Gasteiger partial charge in [-0.05, 0) is 115 Å². The molecule has 16 heteroatoms. The predicted molar refractivity (Wildman–Crippen MR) is 226 cm³/mol. The van der Waals surface area contributed by atoms with Crippen LogP contribution in [0.5, 0.6) is 5.75 Å². The van der Waals surface area contributed by atoms with E-state index >= 15 is 4.39 Å². The van der Waals surface area contributed by atoms with E-state index in [0.29, 0.717) is 27.6 Å². The van der Waals surface area contributed by atoms with Gasteiger partial charge in [-0.3, -0.25) is 5.32 Å². The molecule has 1 unspecified atom stereocenters. The number of imide groups is 1. The molecule has 3 amide bonds. The van der Waals surface area contributed by atoms with Gasteiger partial charge in [0.1, 0.15) is 17.3 Å². The zero-order valence-corrected chi connectivity index (χ0v) is 36.0. The summed E-state index contributed by atoms with van der Waals surface area (Å²) >= 11 is 0. The number of nitrogens with one attached hydrogen (secondary N) is 3. The van der Waals surface area contributed by atoms with E-state index in [1.165, 1.54) is 13.3 Å². The fraction of sp³-hybridized carbons (Fsp3) is 0.432. The summed E-state index contributed by atoms with van der Waals surface area (Å²) in [7, 11) is 3.24. The van der Waals surface area contributed by atoms with Crippen LogP contribution in [-0.4, -0.2) is 79.0 Å². The molecule has 0 saturated carbocycles. The Labute approximate surface area is 349 Å². The van der Waals surface area contributed by atoms with Crippen LogP contribution in [0.1, 0.15) is 89.6 Å². The van der Waals surface area contributed by atoms with E-state index < -0.39 is 53.4 Å². The van der Waals surface area contributed by atoms with Crippen LogP contribution in [0.4, 0.5) is 36.0 Å². The second-order valence-corrected chi connectivity index (χ2v) is 16.4. The fourth-order valence-electron chi connectivity index (χ4n) is 6.27. The third kappa shape index (κ3) is 12.7. The number of nitrogens with zero attached hydrogens (tertiary/aromatic N) is 2. The van der Waals surface area contributed by atoms with Crippen molar-refractivity contribution in [1.82, 2.24) is 10.3 Å². The van der Waals surface area contributed by atoms with Crippen molar-refractivity contribution in [3.8, 4) is 5.75 Å². The van der Waals surface area contributed by atoms with Crippen LogP contribution >= 0.6 is 0 Å². The number of aliphatic carboxylic acids is 1. The number of carboxylic acid groups (broad SMARTS) is 1. The van der Waals surface area contributed by atoms with Crippen LogP contribution < -0.4 is 25.6 Å². The number of halogens is 1. The molecule has 0 aliphatic rings. The maximum Gasteiger partial charge on any atom is 0.425 e. The Morgan fingerprint density at radius 2 is 1.55 bits per heavy atom. The normalized spacial score (nSPS) is 13.1. The smallest absolute Gasteiger partial charge is 0.425 e. The number of carbonyl (C=O) groups is 4. The first-order valence-corrected chi connectivity index (χ1v) is 19.4. The number of hydrogen-bond acceptors (Lipinski definition) is 12. The quantitative estimate of drug-likeness (QED) is 0.0832. The lowest BCUT2D eigenvalue weighted by Crippen LogP contribution is -2.44. The predicted octanol–water partition coefficient (Wildman–Crippen LogP) is 9.08. The van der Waals surface area contributed by atoms with E-state index in [9.17, 15) is 24.3 Å². The topological polar surface area (TPSA) is 187 Å². The Balaban J connectivity index is 1.49. The largest absolute Gasteiger partial charge is 0.485 e. The highest BCUT2D eigenvalue weighted by Crippen LogP contribution is 2.33. The minimum Gasteiger partial charge on any atom is -0.485 e. The molecule has 15 nitrogen and oxygen atoms in total. The highest BCUT2D eigenvalue weighted by atomic mass is 19.1. The van der Waals surface area contributed by atoms with E-state index in [1.807, 2.05) is 13.8 Å². The molecule has 0 aliphatic carbocycles. The summed E-state index contributed by atoms with van der Waals surface area (Å²) in [4.78, 5) is 57.2. The number of pyridine rings is 1. The lowest BCUT2D eigenvalue weighted by atomic mass is 9.93. The third-order valence-corrected chi connectivity index (χ3v) is 8.74. The van der Waals surface area contributed by atoms with Gasteiger partial charge >= 0.3 is 24.2 Å². The average molecular weight is 834 g/mol. The van der Waals surface area contributed by atoms with Gasteiger partial charge in [-0.1, -0.05) is 25.1 Å². The van der Waals surface area contributed by atoms with E-state index in [-0.39, 0.29) is 42.9 Å². The Morgan fingerprint density at radius 3 is 2.13 bits per heavy atom. The lowest BCUT2D eigenvalue weighted by molar-refractivity contribution is -0.138. The zero-order chi connectivity index (χ0) is 44.5. The van der Waals surface area contributed by atoms with Gasteiger partial charge in [-0.25, -0.2) is 28.6 Å². The Morgan fingerprint density at radius 1 is 0.883 bits per heavy atom. The number of carbonyl (C=O) groups excluding carboxylic acids is 3. The van der Waals surface area contributed by atoms with E-state index in [0.717, 1.165) is 22.1 Å². The zero-order valence-electron chi connectivity index (χ0n) is 36.0. The van der Waals surface area contributed by atoms with Crippen molar-refractivity contribution >= 4 is 52.2 Å². The molecule has 1 heterocycles.